The summed E-state index contributed by atoms with van der Waals surface area (Å²) in [5, 5.41) is 12.1. The first kappa shape index (κ1) is 11.5. The molecule has 80 valence electrons. The third kappa shape index (κ3) is 3.28. The van der Waals surface area contributed by atoms with Gasteiger partial charge >= 0.3 is 0 Å². The Morgan fingerprint density at radius 3 is 2.64 bits per heavy atom. The Morgan fingerprint density at radius 1 is 1.57 bits per heavy atom. The topological polar surface area (TPSA) is 39.1 Å². The summed E-state index contributed by atoms with van der Waals surface area (Å²) in [6, 6.07) is 2.90. The Bertz CT molecular complexity index is 205. The first-order chi connectivity index (χ1) is 6.69. The molecule has 1 saturated carbocycles. The van der Waals surface area contributed by atoms with Crippen LogP contribution in [0.5, 0.6) is 0 Å². The van der Waals surface area contributed by atoms with Gasteiger partial charge in [-0.25, -0.2) is 0 Å². The molecular formula is C11H21N3. The maximum absolute atomic E-state index is 8.90. The number of likely N-dealkylation sites (N-methyl/N-ethyl adjacent to an activating group) is 2. The lowest BCUT2D eigenvalue weighted by molar-refractivity contribution is 0.223. The van der Waals surface area contributed by atoms with Gasteiger partial charge in [-0.1, -0.05) is 6.92 Å². The molecule has 0 amide bonds. The number of nitriles is 1. The predicted molar refractivity (Wildman–Crippen MR) is 57.9 cm³/mol. The van der Waals surface area contributed by atoms with Crippen molar-refractivity contribution in [1.29, 1.82) is 5.26 Å². The zero-order valence-corrected chi connectivity index (χ0v) is 9.45. The lowest BCUT2D eigenvalue weighted by atomic mass is 10.1. The Balaban J connectivity index is 2.29. The van der Waals surface area contributed by atoms with Gasteiger partial charge < -0.3 is 10.2 Å². The molecule has 2 atom stereocenters. The average Bonchev–Trinajstić information content (AvgIpc) is 2.99. The van der Waals surface area contributed by atoms with Crippen molar-refractivity contribution in [2.24, 2.45) is 5.92 Å². The third-order valence-corrected chi connectivity index (χ3v) is 3.08. The van der Waals surface area contributed by atoms with E-state index in [-0.39, 0.29) is 6.04 Å². The summed E-state index contributed by atoms with van der Waals surface area (Å²) < 4.78 is 0. The van der Waals surface area contributed by atoms with E-state index in [1.807, 2.05) is 6.92 Å². The van der Waals surface area contributed by atoms with Gasteiger partial charge in [0.05, 0.1) is 6.07 Å². The summed E-state index contributed by atoms with van der Waals surface area (Å²) in [5.41, 5.74) is 0. The van der Waals surface area contributed by atoms with E-state index in [2.05, 4.69) is 30.3 Å². The van der Waals surface area contributed by atoms with Gasteiger partial charge in [0.1, 0.15) is 6.04 Å². The molecule has 3 nitrogen and oxygen atoms in total. The van der Waals surface area contributed by atoms with Crippen molar-refractivity contribution in [3.8, 4) is 6.07 Å². The summed E-state index contributed by atoms with van der Waals surface area (Å²) in [7, 11) is 2.12. The number of nitrogens with one attached hydrogen (secondary N) is 1. The third-order valence-electron chi connectivity index (χ3n) is 3.08. The van der Waals surface area contributed by atoms with Crippen molar-refractivity contribution in [3.63, 3.8) is 0 Å². The molecule has 3 heteroatoms. The smallest absolute Gasteiger partial charge is 0.108 e. The molecule has 0 aromatic rings. The van der Waals surface area contributed by atoms with Crippen molar-refractivity contribution in [3.05, 3.63) is 0 Å². The second-order valence-electron chi connectivity index (χ2n) is 4.26. The highest BCUT2D eigenvalue weighted by Gasteiger charge is 2.30. The minimum atomic E-state index is -0.0220. The first-order valence-electron chi connectivity index (χ1n) is 5.52. The summed E-state index contributed by atoms with van der Waals surface area (Å²) in [6.45, 7) is 6.00. The largest absolute Gasteiger partial charge is 0.301 e. The number of rotatable bonds is 6. The maximum Gasteiger partial charge on any atom is 0.108 e. The van der Waals surface area contributed by atoms with Crippen LogP contribution < -0.4 is 5.32 Å². The molecule has 0 aromatic heterocycles. The fraction of sp³-hybridized carbons (Fsp3) is 0.909. The fourth-order valence-electron chi connectivity index (χ4n) is 1.79. The van der Waals surface area contributed by atoms with Crippen LogP contribution in [0.2, 0.25) is 0 Å². The normalized spacial score (nSPS) is 20.5. The van der Waals surface area contributed by atoms with E-state index < -0.39 is 0 Å². The van der Waals surface area contributed by atoms with Crippen LogP contribution in [0, 0.1) is 17.2 Å². The van der Waals surface area contributed by atoms with Gasteiger partial charge in [0.25, 0.3) is 0 Å². The molecule has 1 aliphatic rings. The summed E-state index contributed by atoms with van der Waals surface area (Å²) in [6.07, 6.45) is 2.73. The van der Waals surface area contributed by atoms with Crippen LogP contribution in [0.4, 0.5) is 0 Å². The minimum Gasteiger partial charge on any atom is -0.301 e. The zero-order valence-electron chi connectivity index (χ0n) is 9.45. The standard InChI is InChI=1S/C11H21N3/c1-4-13-11(7-12)8-14(3)9(2)10-5-6-10/h9-11,13H,4-6,8H2,1-3H3. The zero-order chi connectivity index (χ0) is 10.6. The SMILES string of the molecule is CCNC(C#N)CN(C)C(C)C1CC1. The Hall–Kier alpha value is -0.590. The summed E-state index contributed by atoms with van der Waals surface area (Å²) in [5.74, 6) is 0.876. The van der Waals surface area contributed by atoms with Crippen LogP contribution in [-0.4, -0.2) is 37.1 Å². The molecule has 1 fully saturated rings. The van der Waals surface area contributed by atoms with Crippen LogP contribution in [0.3, 0.4) is 0 Å². The first-order valence-corrected chi connectivity index (χ1v) is 5.52. The van der Waals surface area contributed by atoms with Gasteiger partial charge in [0.2, 0.25) is 0 Å². The Kier molecular flexibility index (Phi) is 4.37. The van der Waals surface area contributed by atoms with E-state index in [0.717, 1.165) is 19.0 Å². The molecule has 0 radical (unpaired) electrons. The molecule has 0 heterocycles. The lowest BCUT2D eigenvalue weighted by Gasteiger charge is -2.26. The van der Waals surface area contributed by atoms with Gasteiger partial charge in [-0.2, -0.15) is 5.26 Å². The second kappa shape index (κ2) is 5.33. The van der Waals surface area contributed by atoms with Gasteiger partial charge in [0, 0.05) is 12.6 Å². The molecule has 0 aliphatic heterocycles. The quantitative estimate of drug-likeness (QED) is 0.692. The predicted octanol–water partition coefficient (Wildman–Crippen LogP) is 1.22. The Labute approximate surface area is 87.1 Å². The molecule has 0 bridgehead atoms. The molecule has 0 aromatic carbocycles. The molecule has 2 unspecified atom stereocenters. The number of hydrogen-bond acceptors (Lipinski definition) is 3. The van der Waals surface area contributed by atoms with Crippen LogP contribution >= 0.6 is 0 Å². The molecule has 0 saturated heterocycles. The number of hydrogen-bond donors (Lipinski definition) is 1. The average molecular weight is 195 g/mol. The van der Waals surface area contributed by atoms with Crippen LogP contribution in [0.1, 0.15) is 26.7 Å². The fourth-order valence-corrected chi connectivity index (χ4v) is 1.79. The second-order valence-corrected chi connectivity index (χ2v) is 4.26. The van der Waals surface area contributed by atoms with Gasteiger partial charge in [-0.3, -0.25) is 0 Å². The Morgan fingerprint density at radius 2 is 2.21 bits per heavy atom. The van der Waals surface area contributed by atoms with Crippen molar-refractivity contribution in [1.82, 2.24) is 10.2 Å². The molecule has 1 N–H and O–H groups in total. The molecule has 1 rings (SSSR count). The van der Waals surface area contributed by atoms with Crippen molar-refractivity contribution < 1.29 is 0 Å². The van der Waals surface area contributed by atoms with E-state index >= 15 is 0 Å². The minimum absolute atomic E-state index is 0.0220. The molecule has 14 heavy (non-hydrogen) atoms. The molecular weight excluding hydrogens is 174 g/mol. The van der Waals surface area contributed by atoms with E-state index in [1.165, 1.54) is 12.8 Å². The summed E-state index contributed by atoms with van der Waals surface area (Å²) in [4.78, 5) is 2.30. The van der Waals surface area contributed by atoms with Crippen LogP contribution in [0.25, 0.3) is 0 Å². The van der Waals surface area contributed by atoms with Gasteiger partial charge in [-0.05, 0) is 39.3 Å². The van der Waals surface area contributed by atoms with E-state index in [0.29, 0.717) is 6.04 Å². The van der Waals surface area contributed by atoms with Crippen molar-refractivity contribution >= 4 is 0 Å². The maximum atomic E-state index is 8.90. The number of nitrogens with zero attached hydrogens (tertiary/aromatic N) is 2. The lowest BCUT2D eigenvalue weighted by Crippen LogP contribution is -2.42. The summed E-state index contributed by atoms with van der Waals surface area (Å²) >= 11 is 0. The van der Waals surface area contributed by atoms with E-state index in [1.54, 1.807) is 0 Å². The molecule has 0 spiro atoms. The van der Waals surface area contributed by atoms with Gasteiger partial charge in [0.15, 0.2) is 0 Å². The monoisotopic (exact) mass is 195 g/mol. The van der Waals surface area contributed by atoms with Crippen molar-refractivity contribution in [2.45, 2.75) is 38.8 Å². The van der Waals surface area contributed by atoms with Crippen molar-refractivity contribution in [2.75, 3.05) is 20.1 Å². The highest BCUT2D eigenvalue weighted by atomic mass is 15.2. The molecule has 1 aliphatic carbocycles. The van der Waals surface area contributed by atoms with Gasteiger partial charge in [-0.15, -0.1) is 0 Å². The highest BCUT2D eigenvalue weighted by molar-refractivity contribution is 4.93. The van der Waals surface area contributed by atoms with E-state index in [9.17, 15) is 0 Å². The highest BCUT2D eigenvalue weighted by Crippen LogP contribution is 2.34. The van der Waals surface area contributed by atoms with Crippen LogP contribution in [-0.2, 0) is 0 Å². The van der Waals surface area contributed by atoms with E-state index in [4.69, 9.17) is 5.26 Å². The van der Waals surface area contributed by atoms with Crippen LogP contribution in [0.15, 0.2) is 0 Å².